The van der Waals surface area contributed by atoms with Crippen molar-refractivity contribution in [2.45, 2.75) is 31.7 Å². The monoisotopic (exact) mass is 232 g/mol. The Morgan fingerprint density at radius 1 is 1.29 bits per heavy atom. The number of aliphatic hydroxyl groups is 1. The number of amides is 1. The van der Waals surface area contributed by atoms with Crippen LogP contribution in [0.25, 0.3) is 0 Å². The van der Waals surface area contributed by atoms with Crippen molar-refractivity contribution in [3.63, 3.8) is 0 Å². The quantitative estimate of drug-likeness (QED) is 0.730. The van der Waals surface area contributed by atoms with Crippen molar-refractivity contribution in [3.05, 3.63) is 35.4 Å². The molecule has 0 saturated carbocycles. The SMILES string of the molecule is O=C(C1CC(O)CN1)N1Cc2ccccc2C1. The lowest BCUT2D eigenvalue weighted by molar-refractivity contribution is -0.133. The highest BCUT2D eigenvalue weighted by atomic mass is 16.3. The van der Waals surface area contributed by atoms with E-state index in [-0.39, 0.29) is 18.1 Å². The fourth-order valence-corrected chi connectivity index (χ4v) is 2.61. The molecule has 2 unspecified atom stereocenters. The number of carbonyl (C=O) groups is 1. The van der Waals surface area contributed by atoms with E-state index in [0.717, 1.165) is 0 Å². The molecule has 1 aromatic carbocycles. The summed E-state index contributed by atoms with van der Waals surface area (Å²) in [7, 11) is 0. The van der Waals surface area contributed by atoms with Crippen LogP contribution in [0.15, 0.2) is 24.3 Å². The average molecular weight is 232 g/mol. The number of β-amino-alcohol motifs (C(OH)–C–C–N with tert-alkyl or cyclic N) is 1. The van der Waals surface area contributed by atoms with E-state index >= 15 is 0 Å². The smallest absolute Gasteiger partial charge is 0.240 e. The van der Waals surface area contributed by atoms with Crippen LogP contribution < -0.4 is 5.32 Å². The van der Waals surface area contributed by atoms with Crippen molar-refractivity contribution in [2.75, 3.05) is 6.54 Å². The number of nitrogens with one attached hydrogen (secondary N) is 1. The Morgan fingerprint density at radius 3 is 2.47 bits per heavy atom. The molecule has 1 fully saturated rings. The Hall–Kier alpha value is -1.39. The second-order valence-corrected chi connectivity index (χ2v) is 4.81. The second-order valence-electron chi connectivity index (χ2n) is 4.81. The molecule has 4 heteroatoms. The molecule has 0 aromatic heterocycles. The predicted molar refractivity (Wildman–Crippen MR) is 63.1 cm³/mol. The van der Waals surface area contributed by atoms with Crippen molar-refractivity contribution in [3.8, 4) is 0 Å². The third-order valence-electron chi connectivity index (χ3n) is 3.56. The molecule has 2 atom stereocenters. The van der Waals surface area contributed by atoms with Gasteiger partial charge in [-0.05, 0) is 17.5 Å². The van der Waals surface area contributed by atoms with Crippen LogP contribution in [0.1, 0.15) is 17.5 Å². The van der Waals surface area contributed by atoms with Crippen molar-refractivity contribution >= 4 is 5.91 Å². The summed E-state index contributed by atoms with van der Waals surface area (Å²) in [5.41, 5.74) is 2.47. The van der Waals surface area contributed by atoms with Gasteiger partial charge in [0.25, 0.3) is 0 Å². The van der Waals surface area contributed by atoms with Gasteiger partial charge in [-0.15, -0.1) is 0 Å². The van der Waals surface area contributed by atoms with E-state index in [2.05, 4.69) is 17.4 Å². The first-order valence-electron chi connectivity index (χ1n) is 6.01. The number of aliphatic hydroxyl groups excluding tert-OH is 1. The number of carbonyl (C=O) groups excluding carboxylic acids is 1. The molecule has 2 N–H and O–H groups in total. The summed E-state index contributed by atoms with van der Waals surface area (Å²) in [6.07, 6.45) is 0.153. The molecule has 0 radical (unpaired) electrons. The van der Waals surface area contributed by atoms with Crippen LogP contribution in [0.2, 0.25) is 0 Å². The highest BCUT2D eigenvalue weighted by Crippen LogP contribution is 2.23. The highest BCUT2D eigenvalue weighted by molar-refractivity contribution is 5.82. The van der Waals surface area contributed by atoms with Crippen molar-refractivity contribution in [1.82, 2.24) is 10.2 Å². The molecule has 3 rings (SSSR count). The maximum absolute atomic E-state index is 12.2. The first-order valence-corrected chi connectivity index (χ1v) is 6.01. The molecule has 0 aliphatic carbocycles. The van der Waals surface area contributed by atoms with E-state index in [1.54, 1.807) is 0 Å². The molecule has 1 amide bonds. The van der Waals surface area contributed by atoms with Gasteiger partial charge in [0, 0.05) is 19.6 Å². The molecule has 4 nitrogen and oxygen atoms in total. The van der Waals surface area contributed by atoms with E-state index in [1.807, 2.05) is 17.0 Å². The van der Waals surface area contributed by atoms with Crippen LogP contribution in [0, 0.1) is 0 Å². The van der Waals surface area contributed by atoms with Crippen molar-refractivity contribution in [2.24, 2.45) is 0 Å². The lowest BCUT2D eigenvalue weighted by atomic mass is 10.1. The van der Waals surface area contributed by atoms with Crippen LogP contribution in [0.3, 0.4) is 0 Å². The predicted octanol–water partition coefficient (Wildman–Crippen LogP) is 0.252. The molecule has 0 bridgehead atoms. The van der Waals surface area contributed by atoms with E-state index in [1.165, 1.54) is 11.1 Å². The number of hydrogen-bond acceptors (Lipinski definition) is 3. The van der Waals surface area contributed by atoms with Gasteiger partial charge in [0.2, 0.25) is 5.91 Å². The minimum atomic E-state index is -0.381. The number of fused-ring (bicyclic) bond motifs is 1. The van der Waals surface area contributed by atoms with E-state index in [9.17, 15) is 9.90 Å². The first kappa shape index (κ1) is 10.7. The van der Waals surface area contributed by atoms with Gasteiger partial charge in [-0.2, -0.15) is 0 Å². The summed E-state index contributed by atoms with van der Waals surface area (Å²) in [4.78, 5) is 14.1. The Morgan fingerprint density at radius 2 is 1.94 bits per heavy atom. The van der Waals surface area contributed by atoms with E-state index in [0.29, 0.717) is 26.1 Å². The zero-order chi connectivity index (χ0) is 11.8. The van der Waals surface area contributed by atoms with Crippen LogP contribution in [0.5, 0.6) is 0 Å². The molecule has 1 aromatic rings. The van der Waals surface area contributed by atoms with Gasteiger partial charge in [0.15, 0.2) is 0 Å². The van der Waals surface area contributed by atoms with Crippen LogP contribution in [-0.4, -0.2) is 34.6 Å². The number of hydrogen-bond donors (Lipinski definition) is 2. The maximum atomic E-state index is 12.2. The minimum Gasteiger partial charge on any atom is -0.392 e. The fourth-order valence-electron chi connectivity index (χ4n) is 2.61. The van der Waals surface area contributed by atoms with Gasteiger partial charge >= 0.3 is 0 Å². The van der Waals surface area contributed by atoms with Gasteiger partial charge < -0.3 is 15.3 Å². The number of benzene rings is 1. The minimum absolute atomic E-state index is 0.109. The summed E-state index contributed by atoms with van der Waals surface area (Å²) < 4.78 is 0. The summed E-state index contributed by atoms with van der Waals surface area (Å²) in [5.74, 6) is 0.109. The fraction of sp³-hybridized carbons (Fsp3) is 0.462. The maximum Gasteiger partial charge on any atom is 0.240 e. The standard InChI is InChI=1S/C13H16N2O2/c16-11-5-12(14-6-11)13(17)15-7-9-3-1-2-4-10(9)8-15/h1-4,11-12,14,16H,5-8H2. The Balaban J connectivity index is 1.70. The van der Waals surface area contributed by atoms with Gasteiger partial charge in [-0.1, -0.05) is 24.3 Å². The normalized spacial score (nSPS) is 27.2. The molecule has 90 valence electrons. The Bertz CT molecular complexity index is 422. The zero-order valence-electron chi connectivity index (χ0n) is 9.60. The Kier molecular flexibility index (Phi) is 2.61. The molecule has 2 aliphatic rings. The topological polar surface area (TPSA) is 52.6 Å². The Labute approximate surface area is 100 Å². The van der Waals surface area contributed by atoms with Gasteiger partial charge in [0.05, 0.1) is 12.1 Å². The van der Waals surface area contributed by atoms with Crippen molar-refractivity contribution < 1.29 is 9.90 Å². The van der Waals surface area contributed by atoms with Crippen LogP contribution >= 0.6 is 0 Å². The lowest BCUT2D eigenvalue weighted by Gasteiger charge is -2.19. The lowest BCUT2D eigenvalue weighted by Crippen LogP contribution is -2.40. The molecule has 1 saturated heterocycles. The van der Waals surface area contributed by atoms with Gasteiger partial charge in [0.1, 0.15) is 0 Å². The molecule has 2 aliphatic heterocycles. The summed E-state index contributed by atoms with van der Waals surface area (Å²) in [5, 5.41) is 12.5. The third kappa shape index (κ3) is 1.94. The van der Waals surface area contributed by atoms with Gasteiger partial charge in [-0.3, -0.25) is 4.79 Å². The first-order chi connectivity index (χ1) is 8.24. The van der Waals surface area contributed by atoms with Gasteiger partial charge in [-0.25, -0.2) is 0 Å². The van der Waals surface area contributed by atoms with E-state index in [4.69, 9.17) is 0 Å². The second kappa shape index (κ2) is 4.13. The average Bonchev–Trinajstić information content (AvgIpc) is 2.93. The molecule has 2 heterocycles. The molecular formula is C13H16N2O2. The summed E-state index contributed by atoms with van der Waals surface area (Å²) in [6, 6.07) is 7.94. The van der Waals surface area contributed by atoms with E-state index < -0.39 is 0 Å². The van der Waals surface area contributed by atoms with Crippen LogP contribution in [-0.2, 0) is 17.9 Å². The largest absolute Gasteiger partial charge is 0.392 e. The third-order valence-corrected chi connectivity index (χ3v) is 3.56. The number of rotatable bonds is 1. The molecule has 0 spiro atoms. The zero-order valence-corrected chi connectivity index (χ0v) is 9.60. The van der Waals surface area contributed by atoms with Crippen LogP contribution in [0.4, 0.5) is 0 Å². The summed E-state index contributed by atoms with van der Waals surface area (Å²) in [6.45, 7) is 1.92. The number of nitrogens with zero attached hydrogens (tertiary/aromatic N) is 1. The van der Waals surface area contributed by atoms with Crippen molar-refractivity contribution in [1.29, 1.82) is 0 Å². The highest BCUT2D eigenvalue weighted by Gasteiger charge is 2.33. The summed E-state index contributed by atoms with van der Waals surface area (Å²) >= 11 is 0. The molecule has 17 heavy (non-hydrogen) atoms. The molecular weight excluding hydrogens is 216 g/mol.